The summed E-state index contributed by atoms with van der Waals surface area (Å²) in [4.78, 5) is 16.5. The molecule has 0 aliphatic carbocycles. The lowest BCUT2D eigenvalue weighted by atomic mass is 9.73. The van der Waals surface area contributed by atoms with Crippen molar-refractivity contribution in [1.29, 1.82) is 5.26 Å². The zero-order chi connectivity index (χ0) is 26.9. The lowest BCUT2D eigenvalue weighted by molar-refractivity contribution is -0.161. The smallest absolute Gasteiger partial charge is 0.339 e. The van der Waals surface area contributed by atoms with Gasteiger partial charge in [0.15, 0.2) is 5.82 Å². The summed E-state index contributed by atoms with van der Waals surface area (Å²) in [6, 6.07) is 9.38. The summed E-state index contributed by atoms with van der Waals surface area (Å²) in [7, 11) is 0. The third-order valence-electron chi connectivity index (χ3n) is 8.00. The van der Waals surface area contributed by atoms with Crippen molar-refractivity contribution in [3.8, 4) is 11.8 Å². The van der Waals surface area contributed by atoms with Crippen molar-refractivity contribution >= 4 is 23.5 Å². The van der Waals surface area contributed by atoms with Crippen molar-refractivity contribution in [2.24, 2.45) is 5.41 Å². The molecule has 0 unspecified atom stereocenters. The predicted octanol–water partition coefficient (Wildman–Crippen LogP) is 2.47. The fourth-order valence-corrected chi connectivity index (χ4v) is 6.40. The lowest BCUT2D eigenvalue weighted by Crippen LogP contribution is -2.73. The lowest BCUT2D eigenvalue weighted by Gasteiger charge is -2.60. The van der Waals surface area contributed by atoms with Gasteiger partial charge in [-0.25, -0.2) is 9.97 Å². The molecule has 202 valence electrons. The Kier molecular flexibility index (Phi) is 5.52. The van der Waals surface area contributed by atoms with Crippen LogP contribution in [0.2, 0.25) is 5.02 Å². The molecule has 0 radical (unpaired) electrons. The number of nitrogens with zero attached hydrogens (tertiary/aromatic N) is 10. The Morgan fingerprint density at radius 3 is 2.56 bits per heavy atom. The maximum Gasteiger partial charge on any atom is 0.401 e. The summed E-state index contributed by atoms with van der Waals surface area (Å²) in [5.74, 6) is 2.10. The highest BCUT2D eigenvalue weighted by molar-refractivity contribution is 6.30. The summed E-state index contributed by atoms with van der Waals surface area (Å²) >= 11 is 6.35. The molecule has 0 atom stereocenters. The van der Waals surface area contributed by atoms with Crippen molar-refractivity contribution in [1.82, 2.24) is 34.5 Å². The van der Waals surface area contributed by atoms with Gasteiger partial charge in [0.25, 0.3) is 0 Å². The number of hydrogen-bond donors (Lipinski definition) is 0. The van der Waals surface area contributed by atoms with Crippen LogP contribution in [0.5, 0.6) is 0 Å². The van der Waals surface area contributed by atoms with Crippen LogP contribution in [-0.4, -0.2) is 92.6 Å². The van der Waals surface area contributed by atoms with Gasteiger partial charge in [-0.15, -0.1) is 10.2 Å². The number of likely N-dealkylation sites (tertiary alicyclic amines) is 1. The van der Waals surface area contributed by atoms with E-state index in [1.165, 1.54) is 4.90 Å². The van der Waals surface area contributed by atoms with Crippen LogP contribution >= 0.6 is 11.6 Å². The number of fused-ring (bicyclic) bond motifs is 3. The number of anilines is 2. The van der Waals surface area contributed by atoms with E-state index in [0.29, 0.717) is 42.8 Å². The highest BCUT2D eigenvalue weighted by Crippen LogP contribution is 2.44. The quantitative estimate of drug-likeness (QED) is 0.480. The Bertz CT molecular complexity index is 1460. The molecule has 0 amide bonds. The van der Waals surface area contributed by atoms with E-state index in [4.69, 9.17) is 16.9 Å². The number of benzene rings is 1. The predicted molar refractivity (Wildman–Crippen MR) is 136 cm³/mol. The van der Waals surface area contributed by atoms with Crippen molar-refractivity contribution in [2.45, 2.75) is 25.3 Å². The minimum Gasteiger partial charge on any atom is -0.339 e. The van der Waals surface area contributed by atoms with E-state index in [9.17, 15) is 13.2 Å². The van der Waals surface area contributed by atoms with Gasteiger partial charge >= 0.3 is 6.18 Å². The van der Waals surface area contributed by atoms with Crippen LogP contribution in [0.15, 0.2) is 30.5 Å². The van der Waals surface area contributed by atoms with Crippen LogP contribution in [0.4, 0.5) is 25.1 Å². The molecule has 39 heavy (non-hydrogen) atoms. The van der Waals surface area contributed by atoms with Crippen LogP contribution in [-0.2, 0) is 13.1 Å². The van der Waals surface area contributed by atoms with E-state index in [0.717, 1.165) is 49.2 Å². The topological polar surface area (TPSA) is 93.2 Å². The number of rotatable bonds is 4. The van der Waals surface area contributed by atoms with Crippen molar-refractivity contribution in [2.75, 3.05) is 55.6 Å². The molecule has 0 saturated carbocycles. The second-order valence-electron chi connectivity index (χ2n) is 11.0. The first-order chi connectivity index (χ1) is 18.7. The van der Waals surface area contributed by atoms with Gasteiger partial charge in [0.2, 0.25) is 11.9 Å². The van der Waals surface area contributed by atoms with E-state index in [-0.39, 0.29) is 11.5 Å². The van der Waals surface area contributed by atoms with E-state index in [2.05, 4.69) is 45.5 Å². The minimum absolute atomic E-state index is 0.000809. The molecule has 4 aliphatic rings. The van der Waals surface area contributed by atoms with Gasteiger partial charge in [-0.05, 0) is 29.8 Å². The minimum atomic E-state index is -4.20. The fourth-order valence-electron chi connectivity index (χ4n) is 6.20. The molecule has 2 aromatic heterocycles. The van der Waals surface area contributed by atoms with Gasteiger partial charge in [0, 0.05) is 68.5 Å². The maximum atomic E-state index is 12.8. The van der Waals surface area contributed by atoms with Crippen LogP contribution < -0.4 is 9.80 Å². The van der Waals surface area contributed by atoms with Gasteiger partial charge < -0.3 is 9.80 Å². The Labute approximate surface area is 227 Å². The highest BCUT2D eigenvalue weighted by Gasteiger charge is 2.54. The average Bonchev–Trinajstić information content (AvgIpc) is 3.14. The molecule has 7 rings (SSSR count). The Balaban J connectivity index is 1.08. The molecule has 4 aliphatic heterocycles. The SMILES string of the molecule is N#Cc1ccnc(N2CC3(C2)CN(c2nnc4n2-c2ccc(Cl)cc2CN(C2CN(CC(F)(F)F)C2)C4)C3)n1. The summed E-state index contributed by atoms with van der Waals surface area (Å²) in [5.41, 5.74) is 2.40. The molecule has 14 heteroatoms. The van der Waals surface area contributed by atoms with Crippen molar-refractivity contribution in [3.63, 3.8) is 0 Å². The van der Waals surface area contributed by atoms with Crippen molar-refractivity contribution in [3.05, 3.63) is 52.6 Å². The molecule has 3 aromatic rings. The summed E-state index contributed by atoms with van der Waals surface area (Å²) in [6.45, 7) is 4.12. The molecular formula is C25H24ClF3N10. The number of nitriles is 1. The molecule has 0 N–H and O–H groups in total. The van der Waals surface area contributed by atoms with Gasteiger partial charge in [0.05, 0.1) is 18.8 Å². The van der Waals surface area contributed by atoms with Gasteiger partial charge in [-0.1, -0.05) is 11.6 Å². The van der Waals surface area contributed by atoms with E-state index >= 15 is 0 Å². The molecular weight excluding hydrogens is 533 g/mol. The zero-order valence-electron chi connectivity index (χ0n) is 20.8. The van der Waals surface area contributed by atoms with Gasteiger partial charge in [-0.2, -0.15) is 18.4 Å². The second-order valence-corrected chi connectivity index (χ2v) is 11.4. The molecule has 3 saturated heterocycles. The third-order valence-corrected chi connectivity index (χ3v) is 8.23. The monoisotopic (exact) mass is 556 g/mol. The van der Waals surface area contributed by atoms with E-state index < -0.39 is 12.7 Å². The number of alkyl halides is 3. The Morgan fingerprint density at radius 1 is 1.05 bits per heavy atom. The molecule has 1 aromatic carbocycles. The summed E-state index contributed by atoms with van der Waals surface area (Å²) in [6.07, 6.45) is -2.59. The first-order valence-electron chi connectivity index (χ1n) is 12.7. The largest absolute Gasteiger partial charge is 0.401 e. The van der Waals surface area contributed by atoms with E-state index in [1.807, 2.05) is 18.2 Å². The summed E-state index contributed by atoms with van der Waals surface area (Å²) < 4.78 is 40.5. The maximum absolute atomic E-state index is 12.8. The Hall–Kier alpha value is -3.47. The first-order valence-corrected chi connectivity index (χ1v) is 13.1. The number of aromatic nitrogens is 5. The second kappa shape index (κ2) is 8.77. The zero-order valence-corrected chi connectivity index (χ0v) is 21.6. The number of halogens is 4. The molecule has 3 fully saturated rings. The van der Waals surface area contributed by atoms with Crippen LogP contribution in [0.1, 0.15) is 17.1 Å². The van der Waals surface area contributed by atoms with Crippen molar-refractivity contribution < 1.29 is 13.2 Å². The summed E-state index contributed by atoms with van der Waals surface area (Å²) in [5, 5.41) is 18.8. The fraction of sp³-hybridized carbons (Fsp3) is 0.480. The third kappa shape index (κ3) is 4.36. The normalized spacial score (nSPS) is 20.9. The first kappa shape index (κ1) is 24.6. The highest BCUT2D eigenvalue weighted by atomic mass is 35.5. The van der Waals surface area contributed by atoms with E-state index in [1.54, 1.807) is 12.3 Å². The van der Waals surface area contributed by atoms with Crippen LogP contribution in [0.3, 0.4) is 0 Å². The average molecular weight is 557 g/mol. The Morgan fingerprint density at radius 2 is 1.82 bits per heavy atom. The standard InChI is InChI=1S/C25H24ClF3N10/c26-17-1-2-20-16(5-17)7-36(19-8-35(9-19)15-25(27,28)29)10-21-33-34-23(39(20)21)38-13-24(14-38)11-37(12-24)22-31-4-3-18(6-30)32-22/h1-5,19H,7-15H2. The molecule has 10 nitrogen and oxygen atoms in total. The van der Waals surface area contributed by atoms with Crippen LogP contribution in [0, 0.1) is 16.7 Å². The molecule has 6 heterocycles. The van der Waals surface area contributed by atoms with Crippen LogP contribution in [0.25, 0.3) is 5.69 Å². The molecule has 0 bridgehead atoms. The van der Waals surface area contributed by atoms with Gasteiger partial charge in [-0.3, -0.25) is 14.4 Å². The molecule has 1 spiro atoms. The number of hydrogen-bond acceptors (Lipinski definition) is 9. The van der Waals surface area contributed by atoms with Gasteiger partial charge in [0.1, 0.15) is 11.8 Å².